The zero-order chi connectivity index (χ0) is 13.8. The summed E-state index contributed by atoms with van der Waals surface area (Å²) in [6, 6.07) is 23.8. The molecule has 1 atom stereocenters. The monoisotopic (exact) mass is 282 g/mol. The molecule has 3 rings (SSSR count). The Hall–Kier alpha value is -1.80. The average Bonchev–Trinajstić information content (AvgIpc) is 2.53. The fourth-order valence-corrected chi connectivity index (χ4v) is 3.09. The summed E-state index contributed by atoms with van der Waals surface area (Å²) in [5.41, 5.74) is 0.751. The van der Waals surface area contributed by atoms with Crippen molar-refractivity contribution in [3.63, 3.8) is 0 Å². The molecule has 0 amide bonds. The highest BCUT2D eigenvalue weighted by Gasteiger charge is 2.09. The van der Waals surface area contributed by atoms with Crippen LogP contribution in [0.25, 0.3) is 10.8 Å². The molecule has 0 heterocycles. The van der Waals surface area contributed by atoms with Gasteiger partial charge in [-0.25, -0.2) is 4.39 Å². The van der Waals surface area contributed by atoms with Gasteiger partial charge in [0.2, 0.25) is 0 Å². The van der Waals surface area contributed by atoms with Crippen LogP contribution in [0.1, 0.15) is 11.7 Å². The summed E-state index contributed by atoms with van der Waals surface area (Å²) >= 11 is 1.56. The fraction of sp³-hybridized carbons (Fsp3) is 0.111. The third-order valence-corrected chi connectivity index (χ3v) is 4.33. The van der Waals surface area contributed by atoms with Gasteiger partial charge in [0.15, 0.2) is 0 Å². The fourth-order valence-electron chi connectivity index (χ4n) is 2.18. The zero-order valence-corrected chi connectivity index (χ0v) is 11.8. The van der Waals surface area contributed by atoms with Crippen LogP contribution in [0.15, 0.2) is 77.7 Å². The molecule has 0 bridgehead atoms. The molecule has 1 unspecified atom stereocenters. The largest absolute Gasteiger partial charge is 0.241 e. The first-order chi connectivity index (χ1) is 9.83. The molecule has 3 aromatic rings. The van der Waals surface area contributed by atoms with Crippen molar-refractivity contribution >= 4 is 22.5 Å². The smallest absolute Gasteiger partial charge is 0.134 e. The lowest BCUT2D eigenvalue weighted by Crippen LogP contribution is -1.94. The van der Waals surface area contributed by atoms with E-state index in [4.69, 9.17) is 0 Å². The van der Waals surface area contributed by atoms with E-state index in [1.165, 1.54) is 10.8 Å². The first-order valence-corrected chi connectivity index (χ1v) is 7.62. The zero-order valence-electron chi connectivity index (χ0n) is 11.0. The minimum Gasteiger partial charge on any atom is -0.241 e. The molecule has 0 nitrogen and oxygen atoms in total. The Balaban J connectivity index is 1.70. The van der Waals surface area contributed by atoms with Crippen molar-refractivity contribution in [1.82, 2.24) is 0 Å². The van der Waals surface area contributed by atoms with E-state index in [1.807, 2.05) is 42.5 Å². The molecule has 0 saturated carbocycles. The van der Waals surface area contributed by atoms with Crippen LogP contribution in [0, 0.1) is 0 Å². The van der Waals surface area contributed by atoms with E-state index in [0.717, 1.165) is 10.5 Å². The predicted molar refractivity (Wildman–Crippen MR) is 85.0 cm³/mol. The van der Waals surface area contributed by atoms with Crippen LogP contribution < -0.4 is 0 Å². The highest BCUT2D eigenvalue weighted by Crippen LogP contribution is 2.29. The van der Waals surface area contributed by atoms with E-state index in [0.29, 0.717) is 5.75 Å². The van der Waals surface area contributed by atoms with Crippen molar-refractivity contribution in [2.24, 2.45) is 0 Å². The van der Waals surface area contributed by atoms with E-state index in [-0.39, 0.29) is 0 Å². The number of benzene rings is 3. The van der Waals surface area contributed by atoms with Gasteiger partial charge < -0.3 is 0 Å². The minimum atomic E-state index is -0.923. The molecule has 0 spiro atoms. The van der Waals surface area contributed by atoms with Crippen LogP contribution in [0.2, 0.25) is 0 Å². The predicted octanol–water partition coefficient (Wildman–Crippen LogP) is 5.64. The van der Waals surface area contributed by atoms with Crippen molar-refractivity contribution in [2.75, 3.05) is 5.75 Å². The molecule has 0 aliphatic carbocycles. The number of rotatable bonds is 4. The molecule has 100 valence electrons. The molecular formula is C18H15FS. The first kappa shape index (κ1) is 13.2. The summed E-state index contributed by atoms with van der Waals surface area (Å²) in [5, 5.41) is 2.42. The summed E-state index contributed by atoms with van der Waals surface area (Å²) in [4.78, 5) is 1.11. The topological polar surface area (TPSA) is 0 Å². The second-order valence-corrected chi connectivity index (χ2v) is 5.79. The van der Waals surface area contributed by atoms with Crippen molar-refractivity contribution < 1.29 is 4.39 Å². The maximum absolute atomic E-state index is 14.1. The molecule has 20 heavy (non-hydrogen) atoms. The van der Waals surface area contributed by atoms with Crippen LogP contribution in [0.5, 0.6) is 0 Å². The van der Waals surface area contributed by atoms with E-state index < -0.39 is 6.17 Å². The molecule has 3 aromatic carbocycles. The highest BCUT2D eigenvalue weighted by molar-refractivity contribution is 7.99. The molecule has 0 aliphatic rings. The summed E-state index contributed by atoms with van der Waals surface area (Å²) in [7, 11) is 0. The third kappa shape index (κ3) is 3.02. The summed E-state index contributed by atoms with van der Waals surface area (Å²) in [6.45, 7) is 0. The molecule has 0 saturated heterocycles. The maximum atomic E-state index is 14.1. The molecular weight excluding hydrogens is 267 g/mol. The van der Waals surface area contributed by atoms with Crippen molar-refractivity contribution in [2.45, 2.75) is 11.1 Å². The Kier molecular flexibility index (Phi) is 4.03. The van der Waals surface area contributed by atoms with Gasteiger partial charge in [-0.15, -0.1) is 11.8 Å². The van der Waals surface area contributed by atoms with Crippen LogP contribution >= 0.6 is 11.8 Å². The lowest BCUT2D eigenvalue weighted by molar-refractivity contribution is 0.380. The second kappa shape index (κ2) is 6.10. The van der Waals surface area contributed by atoms with Crippen LogP contribution in [-0.4, -0.2) is 5.75 Å². The Bertz CT molecular complexity index is 694. The summed E-state index contributed by atoms with van der Waals surface area (Å²) in [6.07, 6.45) is -0.923. The Morgan fingerprint density at radius 1 is 0.800 bits per heavy atom. The van der Waals surface area contributed by atoms with E-state index in [1.54, 1.807) is 11.8 Å². The average molecular weight is 282 g/mol. The lowest BCUT2D eigenvalue weighted by atomic mass is 10.1. The molecule has 0 aliphatic heterocycles. The number of fused-ring (bicyclic) bond motifs is 1. The molecule has 0 fully saturated rings. The van der Waals surface area contributed by atoms with Crippen LogP contribution in [0.3, 0.4) is 0 Å². The number of hydrogen-bond acceptors (Lipinski definition) is 1. The van der Waals surface area contributed by atoms with E-state index >= 15 is 0 Å². The van der Waals surface area contributed by atoms with Gasteiger partial charge in [0.05, 0.1) is 0 Å². The van der Waals surface area contributed by atoms with Crippen LogP contribution in [-0.2, 0) is 0 Å². The number of thioether (sulfide) groups is 1. The standard InChI is InChI=1S/C18H15FS/c19-18(15-7-2-1-3-8-15)13-20-17-11-10-14-6-4-5-9-16(14)12-17/h1-12,18H,13H2. The second-order valence-electron chi connectivity index (χ2n) is 4.70. The van der Waals surface area contributed by atoms with Gasteiger partial charge >= 0.3 is 0 Å². The Morgan fingerprint density at radius 2 is 1.50 bits per heavy atom. The minimum absolute atomic E-state index is 0.447. The van der Waals surface area contributed by atoms with Gasteiger partial charge in [-0.3, -0.25) is 0 Å². The van der Waals surface area contributed by atoms with Gasteiger partial charge in [-0.05, 0) is 28.5 Å². The number of halogens is 1. The highest BCUT2D eigenvalue weighted by atomic mass is 32.2. The maximum Gasteiger partial charge on any atom is 0.134 e. The van der Waals surface area contributed by atoms with Crippen LogP contribution in [0.4, 0.5) is 4.39 Å². The van der Waals surface area contributed by atoms with E-state index in [2.05, 4.69) is 30.3 Å². The van der Waals surface area contributed by atoms with Crippen molar-refractivity contribution in [1.29, 1.82) is 0 Å². The Morgan fingerprint density at radius 3 is 2.30 bits per heavy atom. The van der Waals surface area contributed by atoms with Gasteiger partial charge in [0, 0.05) is 10.6 Å². The lowest BCUT2D eigenvalue weighted by Gasteiger charge is -2.08. The van der Waals surface area contributed by atoms with Gasteiger partial charge in [0.25, 0.3) is 0 Å². The van der Waals surface area contributed by atoms with Gasteiger partial charge in [-0.2, -0.15) is 0 Å². The summed E-state index contributed by atoms with van der Waals surface area (Å²) < 4.78 is 14.1. The number of alkyl halides is 1. The quantitative estimate of drug-likeness (QED) is 0.558. The van der Waals surface area contributed by atoms with Crippen molar-refractivity contribution in [3.05, 3.63) is 78.4 Å². The number of hydrogen-bond donors (Lipinski definition) is 0. The molecule has 0 radical (unpaired) electrons. The molecule has 2 heteroatoms. The SMILES string of the molecule is FC(CSc1ccc2ccccc2c1)c1ccccc1. The first-order valence-electron chi connectivity index (χ1n) is 6.63. The Labute approximate surface area is 122 Å². The van der Waals surface area contributed by atoms with Gasteiger partial charge in [-0.1, -0.05) is 60.7 Å². The molecule has 0 N–H and O–H groups in total. The van der Waals surface area contributed by atoms with Gasteiger partial charge in [0.1, 0.15) is 6.17 Å². The molecule has 0 aromatic heterocycles. The summed E-state index contributed by atoms with van der Waals surface area (Å²) in [5.74, 6) is 0.447. The normalized spacial score (nSPS) is 12.4. The third-order valence-electron chi connectivity index (χ3n) is 3.28. The van der Waals surface area contributed by atoms with E-state index in [9.17, 15) is 4.39 Å². The van der Waals surface area contributed by atoms with Crippen molar-refractivity contribution in [3.8, 4) is 0 Å².